The molecule has 0 fully saturated rings. The molecule has 4 heteroatoms. The lowest BCUT2D eigenvalue weighted by molar-refractivity contribution is -0.148. The molecule has 0 amide bonds. The first-order valence-electron chi connectivity index (χ1n) is 2.63. The van der Waals surface area contributed by atoms with E-state index >= 15 is 0 Å². The second-order valence-corrected chi connectivity index (χ2v) is 1.94. The predicted octanol–water partition coefficient (Wildman–Crippen LogP) is -0.797. The molecule has 3 N–H and O–H groups in total. The van der Waals surface area contributed by atoms with E-state index in [9.17, 15) is 4.79 Å². The van der Waals surface area contributed by atoms with Gasteiger partial charge in [0.15, 0.2) is 6.10 Å². The van der Waals surface area contributed by atoms with E-state index < -0.39 is 18.2 Å². The average Bonchev–Trinajstić information content (AvgIpc) is 1.63. The molecule has 9 heavy (non-hydrogen) atoms. The van der Waals surface area contributed by atoms with Crippen molar-refractivity contribution in [1.29, 1.82) is 0 Å². The molecule has 0 aliphatic carbocycles. The number of aliphatic hydroxyl groups excluding tert-OH is 2. The Morgan fingerprint density at radius 3 is 2.11 bits per heavy atom. The zero-order valence-electron chi connectivity index (χ0n) is 5.11. The highest BCUT2D eigenvalue weighted by atomic mass is 16.4. The van der Waals surface area contributed by atoms with Crippen LogP contribution < -0.4 is 0 Å². The molecule has 0 aromatic heterocycles. The van der Waals surface area contributed by atoms with Crippen LogP contribution in [0.25, 0.3) is 0 Å². The van der Waals surface area contributed by atoms with Gasteiger partial charge in [-0.05, 0) is 6.92 Å². The summed E-state index contributed by atoms with van der Waals surface area (Å²) in [6.45, 7) is 1.42. The van der Waals surface area contributed by atoms with Gasteiger partial charge < -0.3 is 15.3 Å². The highest BCUT2D eigenvalue weighted by molar-refractivity contribution is 5.71. The lowest BCUT2D eigenvalue weighted by Gasteiger charge is -2.05. The molecule has 0 saturated heterocycles. The maximum atomic E-state index is 9.87. The Kier molecular flexibility index (Phi) is 3.19. The van der Waals surface area contributed by atoms with Crippen LogP contribution in [0.3, 0.4) is 0 Å². The number of hydrogen-bond donors (Lipinski definition) is 3. The molecule has 4 nitrogen and oxygen atoms in total. The van der Waals surface area contributed by atoms with Crippen molar-refractivity contribution < 1.29 is 20.1 Å². The third-order valence-corrected chi connectivity index (χ3v) is 0.849. The SMILES string of the molecule is CC(O)CC(O)C(=O)O. The molecule has 0 rings (SSSR count). The lowest BCUT2D eigenvalue weighted by atomic mass is 10.2. The Morgan fingerprint density at radius 1 is 1.56 bits per heavy atom. The molecule has 0 heterocycles. The topological polar surface area (TPSA) is 77.8 Å². The highest BCUT2D eigenvalue weighted by Crippen LogP contribution is 1.95. The third kappa shape index (κ3) is 3.93. The van der Waals surface area contributed by atoms with Crippen LogP contribution in [0.2, 0.25) is 0 Å². The molecule has 0 bridgehead atoms. The Morgan fingerprint density at radius 2 is 2.00 bits per heavy atom. The van der Waals surface area contributed by atoms with Crippen molar-refractivity contribution in [2.24, 2.45) is 0 Å². The van der Waals surface area contributed by atoms with Gasteiger partial charge in [-0.15, -0.1) is 0 Å². The molecule has 0 saturated carbocycles. The zero-order chi connectivity index (χ0) is 7.44. The zero-order valence-corrected chi connectivity index (χ0v) is 5.11. The summed E-state index contributed by atoms with van der Waals surface area (Å²) in [7, 11) is 0. The smallest absolute Gasteiger partial charge is 0.332 e. The molecule has 2 atom stereocenters. The second-order valence-electron chi connectivity index (χ2n) is 1.94. The minimum Gasteiger partial charge on any atom is -0.479 e. The van der Waals surface area contributed by atoms with Crippen LogP contribution in [0.1, 0.15) is 13.3 Å². The molecule has 0 spiro atoms. The summed E-state index contributed by atoms with van der Waals surface area (Å²) < 4.78 is 0. The first-order valence-corrected chi connectivity index (χ1v) is 2.63. The summed E-state index contributed by atoms with van der Waals surface area (Å²) in [6.07, 6.45) is -2.32. The van der Waals surface area contributed by atoms with Crippen LogP contribution in [-0.2, 0) is 4.79 Å². The van der Waals surface area contributed by atoms with Crippen molar-refractivity contribution >= 4 is 5.97 Å². The van der Waals surface area contributed by atoms with E-state index in [0.717, 1.165) is 0 Å². The number of carbonyl (C=O) groups is 1. The van der Waals surface area contributed by atoms with Gasteiger partial charge in [-0.25, -0.2) is 4.79 Å². The first kappa shape index (κ1) is 8.39. The summed E-state index contributed by atoms with van der Waals surface area (Å²) in [5, 5.41) is 25.2. The van der Waals surface area contributed by atoms with Gasteiger partial charge in [0.25, 0.3) is 0 Å². The van der Waals surface area contributed by atoms with Crippen LogP contribution >= 0.6 is 0 Å². The van der Waals surface area contributed by atoms with E-state index in [1.165, 1.54) is 6.92 Å². The first-order chi connectivity index (χ1) is 4.04. The van der Waals surface area contributed by atoms with Gasteiger partial charge in [-0.3, -0.25) is 0 Å². The van der Waals surface area contributed by atoms with Crippen molar-refractivity contribution in [3.05, 3.63) is 0 Å². The third-order valence-electron chi connectivity index (χ3n) is 0.849. The van der Waals surface area contributed by atoms with Crippen LogP contribution in [0.5, 0.6) is 0 Å². The Bertz CT molecular complexity index is 99.1. The van der Waals surface area contributed by atoms with Crippen LogP contribution in [0.15, 0.2) is 0 Å². The van der Waals surface area contributed by atoms with Crippen molar-refractivity contribution in [2.75, 3.05) is 0 Å². The van der Waals surface area contributed by atoms with E-state index in [0.29, 0.717) is 0 Å². The summed E-state index contributed by atoms with van der Waals surface area (Å²) in [5.41, 5.74) is 0. The number of hydrogen-bond acceptors (Lipinski definition) is 3. The van der Waals surface area contributed by atoms with Gasteiger partial charge in [-0.1, -0.05) is 0 Å². The van der Waals surface area contributed by atoms with Gasteiger partial charge in [0.2, 0.25) is 0 Å². The highest BCUT2D eigenvalue weighted by Gasteiger charge is 2.14. The number of aliphatic carboxylic acids is 1. The average molecular weight is 134 g/mol. The van der Waals surface area contributed by atoms with E-state index in [1.807, 2.05) is 0 Å². The Hall–Kier alpha value is -0.610. The fourth-order valence-electron chi connectivity index (χ4n) is 0.424. The normalized spacial score (nSPS) is 16.8. The summed E-state index contributed by atoms with van der Waals surface area (Å²) in [4.78, 5) is 9.87. The van der Waals surface area contributed by atoms with Gasteiger partial charge in [0, 0.05) is 6.42 Å². The monoisotopic (exact) mass is 134 g/mol. The fraction of sp³-hybridized carbons (Fsp3) is 0.800. The van der Waals surface area contributed by atoms with Crippen molar-refractivity contribution in [3.8, 4) is 0 Å². The fourth-order valence-corrected chi connectivity index (χ4v) is 0.424. The summed E-state index contributed by atoms with van der Waals surface area (Å²) >= 11 is 0. The second kappa shape index (κ2) is 3.42. The van der Waals surface area contributed by atoms with Crippen molar-refractivity contribution in [1.82, 2.24) is 0 Å². The number of carboxylic acid groups (broad SMARTS) is 1. The summed E-state index contributed by atoms with van der Waals surface area (Å²) in [6, 6.07) is 0. The number of rotatable bonds is 3. The van der Waals surface area contributed by atoms with Crippen molar-refractivity contribution in [2.45, 2.75) is 25.6 Å². The minimum atomic E-state index is -1.44. The van der Waals surface area contributed by atoms with Crippen LogP contribution in [0, 0.1) is 0 Å². The quantitative estimate of drug-likeness (QED) is 0.472. The predicted molar refractivity (Wildman–Crippen MR) is 29.9 cm³/mol. The van der Waals surface area contributed by atoms with Crippen LogP contribution in [-0.4, -0.2) is 33.5 Å². The molecule has 54 valence electrons. The number of carboxylic acids is 1. The van der Waals surface area contributed by atoms with E-state index in [1.54, 1.807) is 0 Å². The molecule has 2 unspecified atom stereocenters. The molecule has 0 aromatic rings. The maximum Gasteiger partial charge on any atom is 0.332 e. The summed E-state index contributed by atoms with van der Waals surface area (Å²) in [5.74, 6) is -1.30. The molecule has 0 aromatic carbocycles. The van der Waals surface area contributed by atoms with Gasteiger partial charge in [0.05, 0.1) is 6.10 Å². The Balaban J connectivity index is 3.50. The molecule has 0 aliphatic rings. The van der Waals surface area contributed by atoms with E-state index in [2.05, 4.69) is 0 Å². The lowest BCUT2D eigenvalue weighted by Crippen LogP contribution is -2.23. The molecule has 0 radical (unpaired) electrons. The largest absolute Gasteiger partial charge is 0.479 e. The van der Waals surface area contributed by atoms with E-state index in [-0.39, 0.29) is 6.42 Å². The van der Waals surface area contributed by atoms with Gasteiger partial charge >= 0.3 is 5.97 Å². The maximum absolute atomic E-state index is 9.87. The Labute approximate surface area is 52.7 Å². The molecule has 0 aliphatic heterocycles. The van der Waals surface area contributed by atoms with Crippen molar-refractivity contribution in [3.63, 3.8) is 0 Å². The minimum absolute atomic E-state index is 0.116. The number of aliphatic hydroxyl groups is 2. The standard InChI is InChI=1S/C5H10O4/c1-3(6)2-4(7)5(8)9/h3-4,6-7H,2H2,1H3,(H,8,9). The van der Waals surface area contributed by atoms with E-state index in [4.69, 9.17) is 15.3 Å². The molecular weight excluding hydrogens is 124 g/mol. The van der Waals surface area contributed by atoms with Crippen LogP contribution in [0.4, 0.5) is 0 Å². The molecular formula is C5H10O4. The van der Waals surface area contributed by atoms with Gasteiger partial charge in [0.1, 0.15) is 0 Å². The van der Waals surface area contributed by atoms with Gasteiger partial charge in [-0.2, -0.15) is 0 Å².